The zero-order chi connectivity index (χ0) is 18.1. The Hall–Kier alpha value is -3.18. The topological polar surface area (TPSA) is 45.8 Å². The van der Waals surface area contributed by atoms with Gasteiger partial charge in [0.05, 0.1) is 17.5 Å². The first kappa shape index (κ1) is 16.3. The van der Waals surface area contributed by atoms with Gasteiger partial charge in [0.1, 0.15) is 17.3 Å². The van der Waals surface area contributed by atoms with Gasteiger partial charge >= 0.3 is 0 Å². The maximum atomic E-state index is 14.3. The lowest BCUT2D eigenvalue weighted by molar-refractivity contribution is -0.113. The van der Waals surface area contributed by atoms with Gasteiger partial charge < -0.3 is 4.42 Å². The molecular weight excluding hydrogens is 355 g/mol. The number of anilines is 1. The maximum absolute atomic E-state index is 14.3. The van der Waals surface area contributed by atoms with Crippen LogP contribution < -0.4 is 4.90 Å². The van der Waals surface area contributed by atoms with E-state index in [0.717, 1.165) is 0 Å². The predicted molar refractivity (Wildman–Crippen MR) is 98.6 cm³/mol. The normalized spacial score (nSPS) is 15.6. The highest BCUT2D eigenvalue weighted by Gasteiger charge is 2.33. The van der Waals surface area contributed by atoms with Crippen LogP contribution in [-0.2, 0) is 4.79 Å². The Labute approximate surface area is 153 Å². The molecule has 2 heterocycles. The molecule has 0 saturated heterocycles. The van der Waals surface area contributed by atoms with E-state index in [1.807, 2.05) is 0 Å². The molecule has 3 aromatic rings. The molecule has 1 aromatic heterocycles. The van der Waals surface area contributed by atoms with Gasteiger partial charge in [-0.2, -0.15) is 0 Å². The lowest BCUT2D eigenvalue weighted by Gasteiger charge is -2.18. The van der Waals surface area contributed by atoms with E-state index in [-0.39, 0.29) is 23.0 Å². The number of carbonyl (C=O) groups excluding carboxylic acids is 1. The average molecular weight is 367 g/mol. The van der Waals surface area contributed by atoms with Gasteiger partial charge in [-0.3, -0.25) is 9.69 Å². The van der Waals surface area contributed by atoms with Crippen LogP contribution in [-0.4, -0.2) is 11.7 Å². The summed E-state index contributed by atoms with van der Waals surface area (Å²) in [6.07, 6.45) is 3.03. The van der Waals surface area contributed by atoms with E-state index in [2.05, 4.69) is 4.99 Å². The summed E-state index contributed by atoms with van der Waals surface area (Å²) in [6, 6.07) is 16.3. The number of amides is 1. The number of carbonyl (C=O) groups is 1. The number of amidine groups is 1. The first-order valence-corrected chi connectivity index (χ1v) is 8.20. The minimum Gasteiger partial charge on any atom is -0.465 e. The van der Waals surface area contributed by atoms with Crippen molar-refractivity contribution in [2.24, 2.45) is 4.99 Å². The molecule has 2 aromatic carbocycles. The molecule has 0 aliphatic carbocycles. The van der Waals surface area contributed by atoms with Crippen molar-refractivity contribution in [3.05, 3.63) is 94.8 Å². The summed E-state index contributed by atoms with van der Waals surface area (Å²) in [6.45, 7) is 0. The van der Waals surface area contributed by atoms with Crippen molar-refractivity contribution in [2.75, 3.05) is 4.90 Å². The highest BCUT2D eigenvalue weighted by Crippen LogP contribution is 2.29. The van der Waals surface area contributed by atoms with Crippen LogP contribution in [0.2, 0.25) is 5.02 Å². The molecule has 0 fully saturated rings. The fourth-order valence-corrected chi connectivity index (χ4v) is 2.80. The molecule has 0 spiro atoms. The van der Waals surface area contributed by atoms with Crippen LogP contribution in [0, 0.1) is 5.82 Å². The van der Waals surface area contributed by atoms with Crippen molar-refractivity contribution in [1.82, 2.24) is 0 Å². The summed E-state index contributed by atoms with van der Waals surface area (Å²) >= 11 is 5.94. The Balaban J connectivity index is 1.86. The van der Waals surface area contributed by atoms with Gasteiger partial charge in [0.2, 0.25) is 0 Å². The minimum atomic E-state index is -0.461. The van der Waals surface area contributed by atoms with E-state index in [9.17, 15) is 9.18 Å². The van der Waals surface area contributed by atoms with E-state index in [0.29, 0.717) is 16.5 Å². The number of aliphatic imine (C=N–C) groups is 1. The second-order valence-electron chi connectivity index (χ2n) is 5.58. The molecule has 0 unspecified atom stereocenters. The first-order chi connectivity index (χ1) is 12.6. The van der Waals surface area contributed by atoms with E-state index in [4.69, 9.17) is 16.0 Å². The highest BCUT2D eigenvalue weighted by molar-refractivity contribution is 6.33. The number of nitrogens with zero attached hydrogens (tertiary/aromatic N) is 2. The van der Waals surface area contributed by atoms with E-state index in [1.54, 1.807) is 54.6 Å². The molecule has 0 radical (unpaired) electrons. The van der Waals surface area contributed by atoms with Gasteiger partial charge in [0.25, 0.3) is 5.91 Å². The van der Waals surface area contributed by atoms with Crippen LogP contribution in [0.15, 0.2) is 82.0 Å². The fourth-order valence-electron chi connectivity index (χ4n) is 2.68. The van der Waals surface area contributed by atoms with Gasteiger partial charge in [-0.25, -0.2) is 9.38 Å². The highest BCUT2D eigenvalue weighted by atomic mass is 35.5. The lowest BCUT2D eigenvalue weighted by Crippen LogP contribution is -2.33. The van der Waals surface area contributed by atoms with Crippen molar-refractivity contribution in [2.45, 2.75) is 0 Å². The second kappa shape index (κ2) is 6.61. The Morgan fingerprint density at radius 1 is 1.04 bits per heavy atom. The Morgan fingerprint density at radius 3 is 2.50 bits per heavy atom. The molecule has 1 amide bonds. The third-order valence-electron chi connectivity index (χ3n) is 3.88. The van der Waals surface area contributed by atoms with Gasteiger partial charge in [-0.05, 0) is 48.5 Å². The number of hydrogen-bond acceptors (Lipinski definition) is 3. The van der Waals surface area contributed by atoms with E-state index in [1.165, 1.54) is 23.3 Å². The summed E-state index contributed by atoms with van der Waals surface area (Å²) in [5.41, 5.74) is 0.941. The minimum absolute atomic E-state index is 0.160. The molecule has 1 aliphatic rings. The standard InChI is InChI=1S/C20H12ClFN2O2/c21-13-7-9-14(10-8-13)24-19(16-5-1-2-6-17(16)22)23-18(20(24)25)12-15-4-3-11-26-15/h1-12H/b18-12+. The van der Waals surface area contributed by atoms with Crippen LogP contribution in [0.4, 0.5) is 10.1 Å². The number of hydrogen-bond donors (Lipinski definition) is 0. The quantitative estimate of drug-likeness (QED) is 0.618. The predicted octanol–water partition coefficient (Wildman–Crippen LogP) is 4.91. The summed E-state index contributed by atoms with van der Waals surface area (Å²) in [5, 5.41) is 0.538. The third kappa shape index (κ3) is 2.93. The van der Waals surface area contributed by atoms with E-state index >= 15 is 0 Å². The SMILES string of the molecule is O=C1/C(=C\c2ccco2)N=C(c2ccccc2F)N1c1ccc(Cl)cc1. The molecule has 6 heteroatoms. The van der Waals surface area contributed by atoms with Crippen molar-refractivity contribution < 1.29 is 13.6 Å². The molecule has 0 saturated carbocycles. The maximum Gasteiger partial charge on any atom is 0.282 e. The fraction of sp³-hybridized carbons (Fsp3) is 0. The van der Waals surface area contributed by atoms with Crippen molar-refractivity contribution >= 4 is 35.1 Å². The number of rotatable bonds is 3. The molecule has 1 aliphatic heterocycles. The summed E-state index contributed by atoms with van der Waals surface area (Å²) < 4.78 is 19.6. The first-order valence-electron chi connectivity index (χ1n) is 7.82. The second-order valence-corrected chi connectivity index (χ2v) is 6.01. The summed E-state index contributed by atoms with van der Waals surface area (Å²) in [4.78, 5) is 18.7. The molecule has 0 N–H and O–H groups in total. The van der Waals surface area contributed by atoms with Crippen LogP contribution in [0.5, 0.6) is 0 Å². The van der Waals surface area contributed by atoms with Gasteiger partial charge in [0.15, 0.2) is 5.84 Å². The van der Waals surface area contributed by atoms with E-state index < -0.39 is 5.82 Å². The molecule has 4 rings (SSSR count). The van der Waals surface area contributed by atoms with Gasteiger partial charge in [0, 0.05) is 11.1 Å². The average Bonchev–Trinajstić information content (AvgIpc) is 3.26. The number of halogens is 2. The monoisotopic (exact) mass is 366 g/mol. The molecule has 0 bridgehead atoms. The van der Waals surface area contributed by atoms with Crippen molar-refractivity contribution in [3.63, 3.8) is 0 Å². The molecule has 4 nitrogen and oxygen atoms in total. The smallest absolute Gasteiger partial charge is 0.282 e. The van der Waals surface area contributed by atoms with Crippen molar-refractivity contribution in [1.29, 1.82) is 0 Å². The molecule has 128 valence electrons. The summed E-state index contributed by atoms with van der Waals surface area (Å²) in [5.74, 6) is -0.129. The largest absolute Gasteiger partial charge is 0.465 e. The Bertz CT molecular complexity index is 1020. The third-order valence-corrected chi connectivity index (χ3v) is 4.13. The van der Waals surface area contributed by atoms with Crippen LogP contribution in [0.3, 0.4) is 0 Å². The molecule has 0 atom stereocenters. The van der Waals surface area contributed by atoms with Crippen LogP contribution in [0.1, 0.15) is 11.3 Å². The van der Waals surface area contributed by atoms with Crippen LogP contribution in [0.25, 0.3) is 6.08 Å². The Morgan fingerprint density at radius 2 is 1.81 bits per heavy atom. The van der Waals surface area contributed by atoms with Gasteiger partial charge in [-0.1, -0.05) is 23.7 Å². The van der Waals surface area contributed by atoms with Crippen molar-refractivity contribution in [3.8, 4) is 0 Å². The molecule has 26 heavy (non-hydrogen) atoms. The number of benzene rings is 2. The van der Waals surface area contributed by atoms with Crippen LogP contribution >= 0.6 is 11.6 Å². The lowest BCUT2D eigenvalue weighted by atomic mass is 10.1. The zero-order valence-electron chi connectivity index (χ0n) is 13.4. The summed E-state index contributed by atoms with van der Waals surface area (Å²) in [7, 11) is 0. The molecular formula is C20H12ClFN2O2. The van der Waals surface area contributed by atoms with Gasteiger partial charge in [-0.15, -0.1) is 0 Å². The Kier molecular flexibility index (Phi) is 4.14. The zero-order valence-corrected chi connectivity index (χ0v) is 14.2. The number of furan rings is 1.